The van der Waals surface area contributed by atoms with Gasteiger partial charge in [0.05, 0.1) is 0 Å². The van der Waals surface area contributed by atoms with E-state index in [9.17, 15) is 9.59 Å². The molecule has 0 bridgehead atoms. The third-order valence-electron chi connectivity index (χ3n) is 2.20. The van der Waals surface area contributed by atoms with E-state index in [1.807, 2.05) is 11.8 Å². The second-order valence-electron chi connectivity index (χ2n) is 3.56. The zero-order valence-electron chi connectivity index (χ0n) is 9.77. The van der Waals surface area contributed by atoms with Gasteiger partial charge in [-0.3, -0.25) is 4.79 Å². The highest BCUT2D eigenvalue weighted by Gasteiger charge is 2.20. The summed E-state index contributed by atoms with van der Waals surface area (Å²) in [5, 5.41) is 20.0. The first-order valence-corrected chi connectivity index (χ1v) is 5.34. The Hall–Kier alpha value is -1.14. The van der Waals surface area contributed by atoms with Crippen LogP contribution in [-0.2, 0) is 9.59 Å². The molecule has 0 spiro atoms. The Balaban J connectivity index is 4.22. The number of rotatable bonds is 8. The van der Waals surface area contributed by atoms with Gasteiger partial charge in [0.15, 0.2) is 0 Å². The molecule has 0 aromatic heterocycles. The van der Waals surface area contributed by atoms with Crippen molar-refractivity contribution < 1.29 is 19.8 Å². The molecule has 1 atom stereocenters. The van der Waals surface area contributed by atoms with Crippen LogP contribution in [0.5, 0.6) is 0 Å². The largest absolute Gasteiger partial charge is 0.480 e. The average Bonchev–Trinajstić information content (AvgIpc) is 2.21. The highest BCUT2D eigenvalue weighted by atomic mass is 16.4. The third-order valence-corrected chi connectivity index (χ3v) is 2.20. The highest BCUT2D eigenvalue weighted by Crippen LogP contribution is 1.95. The van der Waals surface area contributed by atoms with Crippen LogP contribution in [0.25, 0.3) is 0 Å². The Morgan fingerprint density at radius 1 is 1.44 bits per heavy atom. The Kier molecular flexibility index (Phi) is 7.49. The summed E-state index contributed by atoms with van der Waals surface area (Å²) in [4.78, 5) is 23.6. The quantitative estimate of drug-likeness (QED) is 0.514. The predicted octanol–water partition coefficient (Wildman–Crippen LogP) is -0.720. The van der Waals surface area contributed by atoms with Crippen molar-refractivity contribution in [3.8, 4) is 0 Å². The lowest BCUT2D eigenvalue weighted by Gasteiger charge is -2.24. The number of carbonyl (C=O) groups is 2. The predicted molar refractivity (Wildman–Crippen MR) is 59.1 cm³/mol. The molecule has 6 heteroatoms. The molecule has 0 heterocycles. The number of hydrogen-bond donors (Lipinski definition) is 3. The van der Waals surface area contributed by atoms with Gasteiger partial charge in [-0.25, -0.2) is 4.79 Å². The lowest BCUT2D eigenvalue weighted by molar-refractivity contribution is -0.142. The molecule has 0 fully saturated rings. The van der Waals surface area contributed by atoms with E-state index in [1.165, 1.54) is 6.92 Å². The molecule has 1 amide bonds. The molecule has 6 nitrogen and oxygen atoms in total. The van der Waals surface area contributed by atoms with Crippen molar-refractivity contribution in [1.29, 1.82) is 0 Å². The third kappa shape index (κ3) is 6.36. The van der Waals surface area contributed by atoms with Gasteiger partial charge in [0.25, 0.3) is 0 Å². The van der Waals surface area contributed by atoms with Crippen LogP contribution in [-0.4, -0.2) is 59.3 Å². The van der Waals surface area contributed by atoms with E-state index in [0.29, 0.717) is 19.5 Å². The van der Waals surface area contributed by atoms with Gasteiger partial charge < -0.3 is 20.4 Å². The number of carboxylic acids is 1. The molecular formula is C10H20N2O4. The number of aliphatic carboxylic acids is 1. The van der Waals surface area contributed by atoms with Crippen molar-refractivity contribution in [3.05, 3.63) is 0 Å². The smallest absolute Gasteiger partial charge is 0.327 e. The van der Waals surface area contributed by atoms with Gasteiger partial charge >= 0.3 is 5.97 Å². The minimum atomic E-state index is -1.04. The average molecular weight is 232 g/mol. The molecule has 0 aromatic carbocycles. The number of nitrogens with one attached hydrogen (secondary N) is 1. The maximum Gasteiger partial charge on any atom is 0.327 e. The van der Waals surface area contributed by atoms with Crippen molar-refractivity contribution >= 4 is 11.9 Å². The van der Waals surface area contributed by atoms with E-state index >= 15 is 0 Å². The molecule has 0 aliphatic heterocycles. The van der Waals surface area contributed by atoms with Crippen LogP contribution in [0, 0.1) is 0 Å². The Bertz CT molecular complexity index is 233. The molecule has 16 heavy (non-hydrogen) atoms. The van der Waals surface area contributed by atoms with Crippen molar-refractivity contribution in [2.45, 2.75) is 26.3 Å². The van der Waals surface area contributed by atoms with Crippen LogP contribution in [0.1, 0.15) is 20.3 Å². The van der Waals surface area contributed by atoms with Crippen LogP contribution in [0.3, 0.4) is 0 Å². The number of likely N-dealkylation sites (N-methyl/N-ethyl adjacent to an activating group) is 1. The fourth-order valence-corrected chi connectivity index (χ4v) is 1.36. The summed E-state index contributed by atoms with van der Waals surface area (Å²) < 4.78 is 0. The van der Waals surface area contributed by atoms with Gasteiger partial charge in [0, 0.05) is 26.6 Å². The van der Waals surface area contributed by atoms with E-state index in [2.05, 4.69) is 5.32 Å². The van der Waals surface area contributed by atoms with Gasteiger partial charge in [-0.05, 0) is 13.0 Å². The van der Waals surface area contributed by atoms with Crippen LogP contribution < -0.4 is 5.32 Å². The molecule has 0 saturated heterocycles. The monoisotopic (exact) mass is 232 g/mol. The summed E-state index contributed by atoms with van der Waals surface area (Å²) in [5.41, 5.74) is 0. The fraction of sp³-hybridized carbons (Fsp3) is 0.800. The van der Waals surface area contributed by atoms with E-state index in [0.717, 1.165) is 0 Å². The lowest BCUT2D eigenvalue weighted by Crippen LogP contribution is -2.48. The van der Waals surface area contributed by atoms with Gasteiger partial charge in [0.2, 0.25) is 5.91 Å². The molecular weight excluding hydrogens is 212 g/mol. The summed E-state index contributed by atoms with van der Waals surface area (Å²) in [6.45, 7) is 4.84. The molecule has 0 radical (unpaired) electrons. The number of nitrogens with zero attached hydrogens (tertiary/aromatic N) is 1. The van der Waals surface area contributed by atoms with E-state index < -0.39 is 12.0 Å². The van der Waals surface area contributed by atoms with E-state index in [-0.39, 0.29) is 19.1 Å². The Morgan fingerprint density at radius 3 is 2.44 bits per heavy atom. The van der Waals surface area contributed by atoms with Crippen LogP contribution in [0.15, 0.2) is 0 Å². The topological polar surface area (TPSA) is 89.9 Å². The Morgan fingerprint density at radius 2 is 2.06 bits per heavy atom. The number of carboxylic acid groups (broad SMARTS) is 1. The molecule has 94 valence electrons. The molecule has 1 unspecified atom stereocenters. The molecule has 0 aromatic rings. The maximum atomic E-state index is 10.9. The molecule has 0 rings (SSSR count). The summed E-state index contributed by atoms with van der Waals surface area (Å²) in [6.07, 6.45) is 0.597. The van der Waals surface area contributed by atoms with Crippen LogP contribution in [0.4, 0.5) is 0 Å². The first kappa shape index (κ1) is 14.9. The molecule has 0 saturated carbocycles. The second kappa shape index (κ2) is 8.06. The van der Waals surface area contributed by atoms with Crippen molar-refractivity contribution in [2.75, 3.05) is 26.2 Å². The van der Waals surface area contributed by atoms with E-state index in [4.69, 9.17) is 10.2 Å². The number of aliphatic hydroxyl groups excluding tert-OH is 1. The summed E-state index contributed by atoms with van der Waals surface area (Å²) in [5.74, 6) is -1.40. The minimum Gasteiger partial charge on any atom is -0.480 e. The number of hydrogen-bond acceptors (Lipinski definition) is 4. The number of carbonyl (C=O) groups excluding carboxylic acids is 1. The summed E-state index contributed by atoms with van der Waals surface area (Å²) in [7, 11) is 0. The molecule has 3 N–H and O–H groups in total. The standard InChI is InChI=1S/C10H20N2O4/c1-3-12(5-4-6-13)7-9(10(15)16)11-8(2)14/h9,13H,3-7H2,1-2H3,(H,11,14)(H,15,16). The molecule has 0 aliphatic carbocycles. The van der Waals surface area contributed by atoms with Gasteiger partial charge in [0.1, 0.15) is 6.04 Å². The normalized spacial score (nSPS) is 12.5. The van der Waals surface area contributed by atoms with E-state index in [1.54, 1.807) is 0 Å². The SMILES string of the molecule is CCN(CCCO)CC(NC(C)=O)C(=O)O. The van der Waals surface area contributed by atoms with Gasteiger partial charge in [-0.1, -0.05) is 6.92 Å². The van der Waals surface area contributed by atoms with Gasteiger partial charge in [-0.15, -0.1) is 0 Å². The zero-order chi connectivity index (χ0) is 12.6. The number of aliphatic hydroxyl groups is 1. The maximum absolute atomic E-state index is 10.9. The molecule has 0 aliphatic rings. The second-order valence-corrected chi connectivity index (χ2v) is 3.56. The van der Waals surface area contributed by atoms with Crippen molar-refractivity contribution in [1.82, 2.24) is 10.2 Å². The van der Waals surface area contributed by atoms with Crippen LogP contribution in [0.2, 0.25) is 0 Å². The first-order chi connectivity index (χ1) is 7.51. The lowest BCUT2D eigenvalue weighted by atomic mass is 10.2. The summed E-state index contributed by atoms with van der Waals surface area (Å²) in [6, 6.07) is -0.892. The van der Waals surface area contributed by atoms with Gasteiger partial charge in [-0.2, -0.15) is 0 Å². The Labute approximate surface area is 95.2 Å². The highest BCUT2D eigenvalue weighted by molar-refractivity contribution is 5.82. The first-order valence-electron chi connectivity index (χ1n) is 5.34. The summed E-state index contributed by atoms with van der Waals surface area (Å²) >= 11 is 0. The minimum absolute atomic E-state index is 0.0778. The fourth-order valence-electron chi connectivity index (χ4n) is 1.36. The zero-order valence-corrected chi connectivity index (χ0v) is 9.77. The van der Waals surface area contributed by atoms with Crippen molar-refractivity contribution in [3.63, 3.8) is 0 Å². The van der Waals surface area contributed by atoms with Crippen LogP contribution >= 0.6 is 0 Å². The van der Waals surface area contributed by atoms with Crippen molar-refractivity contribution in [2.24, 2.45) is 0 Å². The number of amides is 1.